The van der Waals surface area contributed by atoms with Gasteiger partial charge in [-0.3, -0.25) is 0 Å². The Morgan fingerprint density at radius 3 is 3.00 bits per heavy atom. The monoisotopic (exact) mass is 262 g/mol. The zero-order valence-electron chi connectivity index (χ0n) is 10.1. The summed E-state index contributed by atoms with van der Waals surface area (Å²) in [6.07, 6.45) is 2.40. The van der Waals surface area contributed by atoms with Gasteiger partial charge >= 0.3 is 5.97 Å². The summed E-state index contributed by atoms with van der Waals surface area (Å²) < 4.78 is 19.0. The second-order valence-electron chi connectivity index (χ2n) is 3.86. The Balaban J connectivity index is 2.19. The van der Waals surface area contributed by atoms with Crippen LogP contribution in [0.3, 0.4) is 0 Å². The number of aryl methyl sites for hydroxylation is 1. The molecule has 0 aliphatic carbocycles. The first-order valence-corrected chi connectivity index (χ1v) is 5.49. The van der Waals surface area contributed by atoms with E-state index in [0.29, 0.717) is 5.56 Å². The molecule has 0 bridgehead atoms. The van der Waals surface area contributed by atoms with Gasteiger partial charge in [0.25, 0.3) is 0 Å². The summed E-state index contributed by atoms with van der Waals surface area (Å²) in [5.41, 5.74) is 0.595. The normalized spacial score (nSPS) is 10.2. The highest BCUT2D eigenvalue weighted by Gasteiger charge is 2.13. The third-order valence-corrected chi connectivity index (χ3v) is 2.55. The molecule has 0 aliphatic heterocycles. The first-order chi connectivity index (χ1) is 9.09. The van der Waals surface area contributed by atoms with Gasteiger partial charge in [0.15, 0.2) is 11.6 Å². The number of benzene rings is 1. The van der Waals surface area contributed by atoms with Gasteiger partial charge in [-0.2, -0.15) is 0 Å². The summed E-state index contributed by atoms with van der Waals surface area (Å²) in [6.45, 7) is 1.49. The lowest BCUT2D eigenvalue weighted by atomic mass is 10.2. The van der Waals surface area contributed by atoms with E-state index < -0.39 is 11.8 Å². The van der Waals surface area contributed by atoms with Crippen molar-refractivity contribution < 1.29 is 19.0 Å². The highest BCUT2D eigenvalue weighted by molar-refractivity contribution is 5.88. The van der Waals surface area contributed by atoms with E-state index in [2.05, 4.69) is 9.97 Å². The number of aromatic carboxylic acids is 1. The number of aromatic nitrogens is 2. The minimum Gasteiger partial charge on any atom is -0.484 e. The summed E-state index contributed by atoms with van der Waals surface area (Å²) in [4.78, 5) is 18.4. The van der Waals surface area contributed by atoms with Gasteiger partial charge in [-0.05, 0) is 18.6 Å². The van der Waals surface area contributed by atoms with Crippen LogP contribution < -0.4 is 4.74 Å². The summed E-state index contributed by atoms with van der Waals surface area (Å²) >= 11 is 0. The zero-order valence-corrected chi connectivity index (χ0v) is 10.1. The molecule has 2 rings (SSSR count). The molecule has 5 nitrogen and oxygen atoms in total. The molecule has 0 aliphatic rings. The van der Waals surface area contributed by atoms with Crippen LogP contribution in [-0.4, -0.2) is 21.0 Å². The van der Waals surface area contributed by atoms with Crippen LogP contribution in [0, 0.1) is 12.7 Å². The number of carbonyl (C=O) groups is 1. The van der Waals surface area contributed by atoms with Crippen LogP contribution in [0.25, 0.3) is 0 Å². The molecule has 0 saturated heterocycles. The third-order valence-electron chi connectivity index (χ3n) is 2.55. The number of hydrogen-bond acceptors (Lipinski definition) is 4. The number of carboxylic acid groups (broad SMARTS) is 1. The van der Waals surface area contributed by atoms with Crippen molar-refractivity contribution in [2.75, 3.05) is 0 Å². The Hall–Kier alpha value is -2.50. The number of ether oxygens (including phenoxy) is 1. The Morgan fingerprint density at radius 2 is 2.26 bits per heavy atom. The van der Waals surface area contributed by atoms with Crippen molar-refractivity contribution in [1.29, 1.82) is 0 Å². The highest BCUT2D eigenvalue weighted by atomic mass is 19.1. The Labute approximate surface area is 108 Å². The van der Waals surface area contributed by atoms with Crippen molar-refractivity contribution in [3.63, 3.8) is 0 Å². The van der Waals surface area contributed by atoms with Crippen molar-refractivity contribution in [2.24, 2.45) is 0 Å². The minimum absolute atomic E-state index is 0.0597. The molecule has 19 heavy (non-hydrogen) atoms. The fraction of sp³-hybridized carbons (Fsp3) is 0.154. The summed E-state index contributed by atoms with van der Waals surface area (Å²) in [7, 11) is 0. The molecule has 1 aromatic carbocycles. The molecule has 0 fully saturated rings. The SMILES string of the molecule is Cc1cccc(OCc2ncncc2C(=O)O)c1F. The van der Waals surface area contributed by atoms with Crippen LogP contribution in [0.4, 0.5) is 4.39 Å². The third kappa shape index (κ3) is 2.85. The Kier molecular flexibility index (Phi) is 3.70. The van der Waals surface area contributed by atoms with Gasteiger partial charge in [-0.15, -0.1) is 0 Å². The van der Waals surface area contributed by atoms with Gasteiger partial charge in [0.2, 0.25) is 0 Å². The maximum atomic E-state index is 13.7. The lowest BCUT2D eigenvalue weighted by Gasteiger charge is -2.09. The van der Waals surface area contributed by atoms with Gasteiger partial charge in [-0.25, -0.2) is 19.2 Å². The van der Waals surface area contributed by atoms with Crippen LogP contribution in [0.2, 0.25) is 0 Å². The van der Waals surface area contributed by atoms with Gasteiger partial charge in [0.05, 0.1) is 5.69 Å². The molecule has 0 amide bonds. The maximum Gasteiger partial charge on any atom is 0.339 e. The fourth-order valence-corrected chi connectivity index (χ4v) is 1.53. The summed E-state index contributed by atoms with van der Waals surface area (Å²) in [6, 6.07) is 4.76. The maximum absolute atomic E-state index is 13.7. The number of rotatable bonds is 4. The van der Waals surface area contributed by atoms with Crippen LogP contribution in [0.15, 0.2) is 30.7 Å². The zero-order chi connectivity index (χ0) is 13.8. The lowest BCUT2D eigenvalue weighted by Crippen LogP contribution is -2.09. The van der Waals surface area contributed by atoms with Crippen molar-refractivity contribution in [2.45, 2.75) is 13.5 Å². The lowest BCUT2D eigenvalue weighted by molar-refractivity contribution is 0.0692. The van der Waals surface area contributed by atoms with Crippen molar-refractivity contribution in [1.82, 2.24) is 9.97 Å². The van der Waals surface area contributed by atoms with E-state index in [1.54, 1.807) is 19.1 Å². The smallest absolute Gasteiger partial charge is 0.339 e. The highest BCUT2D eigenvalue weighted by Crippen LogP contribution is 2.20. The van der Waals surface area contributed by atoms with Crippen molar-refractivity contribution >= 4 is 5.97 Å². The number of hydrogen-bond donors (Lipinski definition) is 1. The molecule has 1 N–H and O–H groups in total. The molecule has 0 radical (unpaired) electrons. The predicted molar refractivity (Wildman–Crippen MR) is 64.5 cm³/mol. The molecule has 0 atom stereocenters. The molecule has 0 spiro atoms. The molecular weight excluding hydrogens is 251 g/mol. The summed E-state index contributed by atoms with van der Waals surface area (Å²) in [5, 5.41) is 8.95. The second kappa shape index (κ2) is 5.43. The largest absolute Gasteiger partial charge is 0.484 e. The molecule has 6 heteroatoms. The molecule has 1 aromatic heterocycles. The Bertz CT molecular complexity index is 617. The fourth-order valence-electron chi connectivity index (χ4n) is 1.53. The molecule has 2 aromatic rings. The van der Waals surface area contributed by atoms with Gasteiger partial charge in [-0.1, -0.05) is 12.1 Å². The number of carboxylic acids is 1. The van der Waals surface area contributed by atoms with E-state index in [0.717, 1.165) is 0 Å². The van der Waals surface area contributed by atoms with E-state index in [4.69, 9.17) is 9.84 Å². The first kappa shape index (κ1) is 12.9. The average Bonchev–Trinajstić information content (AvgIpc) is 2.40. The molecule has 1 heterocycles. The van der Waals surface area contributed by atoms with Crippen molar-refractivity contribution in [3.8, 4) is 5.75 Å². The average molecular weight is 262 g/mol. The first-order valence-electron chi connectivity index (χ1n) is 5.49. The van der Waals surface area contributed by atoms with Gasteiger partial charge < -0.3 is 9.84 Å². The molecular formula is C13H11FN2O3. The van der Waals surface area contributed by atoms with E-state index in [1.165, 1.54) is 18.6 Å². The van der Waals surface area contributed by atoms with Crippen LogP contribution in [-0.2, 0) is 6.61 Å². The Morgan fingerprint density at radius 1 is 1.47 bits per heavy atom. The summed E-state index contributed by atoms with van der Waals surface area (Å²) in [5.74, 6) is -1.55. The van der Waals surface area contributed by atoms with Crippen LogP contribution in [0.1, 0.15) is 21.6 Å². The van der Waals surface area contributed by atoms with E-state index >= 15 is 0 Å². The second-order valence-corrected chi connectivity index (χ2v) is 3.86. The van der Waals surface area contributed by atoms with E-state index in [-0.39, 0.29) is 23.6 Å². The van der Waals surface area contributed by atoms with Crippen LogP contribution in [0.5, 0.6) is 5.75 Å². The standard InChI is InChI=1S/C13H11FN2O3/c1-8-3-2-4-11(12(8)14)19-6-10-9(13(17)18)5-15-7-16-10/h2-5,7H,6H2,1H3,(H,17,18). The van der Waals surface area contributed by atoms with Crippen molar-refractivity contribution in [3.05, 3.63) is 53.4 Å². The minimum atomic E-state index is -1.15. The molecule has 0 unspecified atom stereocenters. The topological polar surface area (TPSA) is 72.3 Å². The number of halogens is 1. The van der Waals surface area contributed by atoms with Gasteiger partial charge in [0.1, 0.15) is 18.5 Å². The molecule has 98 valence electrons. The quantitative estimate of drug-likeness (QED) is 0.914. The van der Waals surface area contributed by atoms with Crippen LogP contribution >= 0.6 is 0 Å². The van der Waals surface area contributed by atoms with Gasteiger partial charge in [0, 0.05) is 6.20 Å². The molecule has 0 saturated carbocycles. The number of nitrogens with zero attached hydrogens (tertiary/aromatic N) is 2. The van der Waals surface area contributed by atoms with E-state index in [9.17, 15) is 9.18 Å². The van der Waals surface area contributed by atoms with E-state index in [1.807, 2.05) is 0 Å². The predicted octanol–water partition coefficient (Wildman–Crippen LogP) is 2.20.